The van der Waals surface area contributed by atoms with Gasteiger partial charge in [0.25, 0.3) is 0 Å². The largest absolute Gasteiger partial charge is 0.399 e. The molecular formula is C41H48N2Si2. The summed E-state index contributed by atoms with van der Waals surface area (Å²) >= 11 is 0. The summed E-state index contributed by atoms with van der Waals surface area (Å²) in [6, 6.07) is 30.3. The van der Waals surface area contributed by atoms with Crippen molar-refractivity contribution in [2.45, 2.75) is 83.2 Å². The molecule has 0 fully saturated rings. The maximum atomic E-state index is 6.25. The van der Waals surface area contributed by atoms with Crippen LogP contribution in [0, 0.1) is 22.9 Å². The number of nitrogens with two attached hydrogens (primary N) is 2. The lowest BCUT2D eigenvalue weighted by atomic mass is 9.67. The molecule has 2 nitrogen and oxygen atoms in total. The van der Waals surface area contributed by atoms with E-state index in [1.807, 2.05) is 24.3 Å². The smallest absolute Gasteiger partial charge is 0.138 e. The molecule has 4 heteroatoms. The van der Waals surface area contributed by atoms with Gasteiger partial charge in [0.15, 0.2) is 0 Å². The van der Waals surface area contributed by atoms with E-state index in [1.54, 1.807) is 0 Å². The average Bonchev–Trinajstić information content (AvgIpc) is 3.24. The molecule has 0 bridgehead atoms. The van der Waals surface area contributed by atoms with Crippen LogP contribution < -0.4 is 11.5 Å². The van der Waals surface area contributed by atoms with Crippen molar-refractivity contribution in [2.24, 2.45) is 0 Å². The first-order valence-electron chi connectivity index (χ1n) is 15.9. The summed E-state index contributed by atoms with van der Waals surface area (Å²) in [5.41, 5.74) is 30.2. The van der Waals surface area contributed by atoms with Crippen LogP contribution in [0.5, 0.6) is 0 Å². The highest BCUT2D eigenvalue weighted by Gasteiger charge is 2.46. The number of hydrogen-bond donors (Lipinski definition) is 2. The molecule has 0 atom stereocenters. The summed E-state index contributed by atoms with van der Waals surface area (Å²) in [5.74, 6) is 7.25. The third kappa shape index (κ3) is 5.79. The quantitative estimate of drug-likeness (QED) is 0.117. The van der Waals surface area contributed by atoms with Gasteiger partial charge in [0, 0.05) is 22.5 Å². The van der Waals surface area contributed by atoms with E-state index in [0.717, 1.165) is 33.6 Å². The molecule has 4 aromatic carbocycles. The third-order valence-corrected chi connectivity index (χ3v) is 19.6. The number of benzene rings is 4. The zero-order valence-electron chi connectivity index (χ0n) is 28.7. The lowest BCUT2D eigenvalue weighted by Crippen LogP contribution is -2.35. The van der Waals surface area contributed by atoms with Crippen LogP contribution in [0.2, 0.25) is 36.3 Å². The Bertz CT molecular complexity index is 1740. The first-order valence-corrected chi connectivity index (χ1v) is 21.9. The summed E-state index contributed by atoms with van der Waals surface area (Å²) < 4.78 is 0. The van der Waals surface area contributed by atoms with Gasteiger partial charge >= 0.3 is 0 Å². The van der Waals surface area contributed by atoms with Crippen LogP contribution >= 0.6 is 0 Å². The van der Waals surface area contributed by atoms with Gasteiger partial charge in [-0.15, -0.1) is 11.1 Å². The predicted octanol–water partition coefficient (Wildman–Crippen LogP) is 10.0. The van der Waals surface area contributed by atoms with Gasteiger partial charge in [-0.1, -0.05) is 116 Å². The lowest BCUT2D eigenvalue weighted by Gasteiger charge is -2.34. The Morgan fingerprint density at radius 2 is 0.844 bits per heavy atom. The molecule has 4 aromatic rings. The van der Waals surface area contributed by atoms with E-state index in [-0.39, 0.29) is 10.1 Å². The number of hydrogen-bond acceptors (Lipinski definition) is 2. The number of anilines is 2. The summed E-state index contributed by atoms with van der Waals surface area (Å²) in [4.78, 5) is 0. The number of fused-ring (bicyclic) bond motifs is 3. The van der Waals surface area contributed by atoms with E-state index in [2.05, 4.69) is 151 Å². The fourth-order valence-corrected chi connectivity index (χ4v) is 7.23. The van der Waals surface area contributed by atoms with Crippen LogP contribution in [0.15, 0.2) is 84.9 Å². The molecule has 0 saturated carbocycles. The van der Waals surface area contributed by atoms with Crippen LogP contribution in [0.25, 0.3) is 11.1 Å². The molecule has 0 radical (unpaired) electrons. The zero-order valence-corrected chi connectivity index (χ0v) is 30.7. The van der Waals surface area contributed by atoms with Crippen molar-refractivity contribution in [2.75, 3.05) is 11.5 Å². The van der Waals surface area contributed by atoms with Gasteiger partial charge in [-0.2, -0.15) is 0 Å². The molecule has 0 aliphatic heterocycles. The molecule has 0 amide bonds. The Hall–Kier alpha value is -3.97. The maximum absolute atomic E-state index is 6.25. The fraction of sp³-hybridized carbons (Fsp3) is 0.317. The molecule has 0 spiro atoms. The van der Waals surface area contributed by atoms with Gasteiger partial charge in [0.1, 0.15) is 16.1 Å². The Morgan fingerprint density at radius 1 is 0.511 bits per heavy atom. The van der Waals surface area contributed by atoms with Crippen LogP contribution in [0.4, 0.5) is 11.4 Å². The molecule has 230 valence electrons. The molecule has 5 rings (SSSR count). The molecule has 0 unspecified atom stereocenters. The highest BCUT2D eigenvalue weighted by Crippen LogP contribution is 2.56. The molecule has 0 heterocycles. The van der Waals surface area contributed by atoms with E-state index in [1.165, 1.54) is 22.3 Å². The summed E-state index contributed by atoms with van der Waals surface area (Å²) in [5, 5.41) is 0.374. The SMILES string of the molecule is CC(C)(C)[Si](C)(C)C#Cc1ccc2c(c1)C(c1ccc(N)cc1)(c1ccc(N)cc1)c1cc(C#C[Si](C)(C)C(C)(C)C)ccc1-2. The summed E-state index contributed by atoms with van der Waals surface area (Å²) in [6.45, 7) is 23.3. The molecule has 0 aromatic heterocycles. The Labute approximate surface area is 273 Å². The van der Waals surface area contributed by atoms with Crippen LogP contribution in [0.3, 0.4) is 0 Å². The van der Waals surface area contributed by atoms with Crippen molar-refractivity contribution in [1.82, 2.24) is 0 Å². The number of rotatable bonds is 2. The Kier molecular flexibility index (Phi) is 8.02. The minimum absolute atomic E-state index is 0.187. The van der Waals surface area contributed by atoms with Gasteiger partial charge in [0.2, 0.25) is 0 Å². The van der Waals surface area contributed by atoms with E-state index in [9.17, 15) is 0 Å². The first-order chi connectivity index (χ1) is 20.9. The van der Waals surface area contributed by atoms with Crippen LogP contribution in [0.1, 0.15) is 74.9 Å². The van der Waals surface area contributed by atoms with Crippen molar-refractivity contribution in [3.05, 3.63) is 118 Å². The molecule has 1 aliphatic carbocycles. The zero-order chi connectivity index (χ0) is 33.0. The topological polar surface area (TPSA) is 52.0 Å². The minimum Gasteiger partial charge on any atom is -0.399 e. The molecule has 1 aliphatic rings. The molecule has 0 saturated heterocycles. The van der Waals surface area contributed by atoms with Crippen LogP contribution in [-0.4, -0.2) is 16.1 Å². The molecular weight excluding hydrogens is 577 g/mol. The van der Waals surface area contributed by atoms with Gasteiger partial charge in [-0.3, -0.25) is 0 Å². The maximum Gasteiger partial charge on any atom is 0.138 e. The Morgan fingerprint density at radius 3 is 1.16 bits per heavy atom. The second kappa shape index (κ2) is 11.1. The van der Waals surface area contributed by atoms with Crippen molar-refractivity contribution < 1.29 is 0 Å². The second-order valence-corrected chi connectivity index (χ2v) is 25.8. The highest BCUT2D eigenvalue weighted by atomic mass is 28.3. The van der Waals surface area contributed by atoms with Crippen LogP contribution in [-0.2, 0) is 5.41 Å². The van der Waals surface area contributed by atoms with Gasteiger partial charge in [-0.25, -0.2) is 0 Å². The van der Waals surface area contributed by atoms with E-state index in [0.29, 0.717) is 0 Å². The van der Waals surface area contributed by atoms with Crippen molar-refractivity contribution in [3.63, 3.8) is 0 Å². The van der Waals surface area contributed by atoms with Crippen molar-refractivity contribution in [1.29, 1.82) is 0 Å². The van der Waals surface area contributed by atoms with Gasteiger partial charge in [-0.05, 0) is 92.0 Å². The molecule has 4 N–H and O–H groups in total. The summed E-state index contributed by atoms with van der Waals surface area (Å²) in [6.07, 6.45) is 0. The van der Waals surface area contributed by atoms with Gasteiger partial charge < -0.3 is 11.5 Å². The van der Waals surface area contributed by atoms with Crippen molar-refractivity contribution in [3.8, 4) is 34.1 Å². The molecule has 45 heavy (non-hydrogen) atoms. The second-order valence-electron chi connectivity index (χ2n) is 15.8. The van der Waals surface area contributed by atoms with E-state index in [4.69, 9.17) is 11.5 Å². The lowest BCUT2D eigenvalue weighted by molar-refractivity contribution is 0.730. The van der Waals surface area contributed by atoms with E-state index >= 15 is 0 Å². The summed E-state index contributed by atoms with van der Waals surface area (Å²) in [7, 11) is -3.60. The fourth-order valence-electron chi connectivity index (χ4n) is 5.57. The monoisotopic (exact) mass is 624 g/mol. The standard InChI is InChI=1S/C41H48N2Si2/c1-39(2,3)44(7,8)25-23-29-11-21-35-36-22-12-30(24-26-45(9,10)40(4,5)6)28-38(36)41(37(35)27-29,31-13-17-33(42)18-14-31)32-15-19-34(43)20-16-32/h11-22,27-28H,42-43H2,1-10H3. The minimum atomic E-state index is -1.80. The first kappa shape index (κ1) is 32.4. The third-order valence-electron chi connectivity index (χ3n) is 10.6. The predicted molar refractivity (Wildman–Crippen MR) is 201 cm³/mol. The van der Waals surface area contributed by atoms with E-state index < -0.39 is 21.6 Å². The van der Waals surface area contributed by atoms with Gasteiger partial charge in [0.05, 0.1) is 5.41 Å². The average molecular weight is 625 g/mol. The number of nitrogen functional groups attached to an aromatic ring is 2. The normalized spacial score (nSPS) is 14.0. The van der Waals surface area contributed by atoms with Crippen molar-refractivity contribution >= 4 is 27.5 Å². The Balaban J connectivity index is 1.83. The highest BCUT2D eigenvalue weighted by molar-refractivity contribution is 6.88.